The summed E-state index contributed by atoms with van der Waals surface area (Å²) in [6.07, 6.45) is 0.0389. The first kappa shape index (κ1) is 6.29. The Kier molecular flexibility index (Phi) is 1.45. The lowest BCUT2D eigenvalue weighted by Crippen LogP contribution is -1.97. The van der Waals surface area contributed by atoms with Gasteiger partial charge in [-0.25, -0.2) is 8.78 Å². The molecule has 1 unspecified atom stereocenters. The summed E-state index contributed by atoms with van der Waals surface area (Å²) in [7, 11) is 0. The van der Waals surface area contributed by atoms with Crippen LogP contribution in [-0.2, 0) is 0 Å². The molecule has 1 rings (SSSR count). The van der Waals surface area contributed by atoms with Crippen molar-refractivity contribution in [3.8, 4) is 0 Å². The van der Waals surface area contributed by atoms with Crippen LogP contribution in [0.3, 0.4) is 0 Å². The summed E-state index contributed by atoms with van der Waals surface area (Å²) < 4.78 is 23.8. The molecule has 2 N–H and O–H groups in total. The standard InChI is InChI=1S/C4H7F2NS/c5-4(6)1-3(4)2-8-7/h3H,1-2,7H2. The van der Waals surface area contributed by atoms with Crippen LogP contribution in [0.1, 0.15) is 6.42 Å². The Morgan fingerprint density at radius 2 is 2.25 bits per heavy atom. The van der Waals surface area contributed by atoms with Crippen LogP contribution in [0.25, 0.3) is 0 Å². The molecule has 1 atom stereocenters. The molecule has 0 aliphatic heterocycles. The van der Waals surface area contributed by atoms with Crippen LogP contribution < -0.4 is 5.14 Å². The molecule has 0 amide bonds. The van der Waals surface area contributed by atoms with E-state index >= 15 is 0 Å². The Morgan fingerprint density at radius 3 is 2.38 bits per heavy atom. The average molecular weight is 139 g/mol. The van der Waals surface area contributed by atoms with Gasteiger partial charge < -0.3 is 0 Å². The molecule has 1 fully saturated rings. The lowest BCUT2D eigenvalue weighted by molar-refractivity contribution is 0.103. The van der Waals surface area contributed by atoms with Gasteiger partial charge in [0.15, 0.2) is 0 Å². The van der Waals surface area contributed by atoms with Gasteiger partial charge >= 0.3 is 0 Å². The van der Waals surface area contributed by atoms with E-state index in [1.54, 1.807) is 0 Å². The van der Waals surface area contributed by atoms with Crippen LogP contribution >= 0.6 is 11.9 Å². The van der Waals surface area contributed by atoms with E-state index in [2.05, 4.69) is 0 Å². The van der Waals surface area contributed by atoms with Crippen LogP contribution in [0.15, 0.2) is 0 Å². The van der Waals surface area contributed by atoms with Crippen LogP contribution in [-0.4, -0.2) is 11.7 Å². The fourth-order valence-corrected chi connectivity index (χ4v) is 1.16. The molecule has 0 spiro atoms. The summed E-state index contributed by atoms with van der Waals surface area (Å²) >= 11 is 0.995. The van der Waals surface area contributed by atoms with E-state index in [1.807, 2.05) is 0 Å². The summed E-state index contributed by atoms with van der Waals surface area (Å²) in [4.78, 5) is 0. The summed E-state index contributed by atoms with van der Waals surface area (Å²) in [5.74, 6) is -2.42. The van der Waals surface area contributed by atoms with E-state index < -0.39 is 11.8 Å². The first-order valence-electron chi connectivity index (χ1n) is 2.36. The Labute approximate surface area is 50.8 Å². The molecule has 0 aromatic heterocycles. The van der Waals surface area contributed by atoms with Crippen molar-refractivity contribution >= 4 is 11.9 Å². The maximum absolute atomic E-state index is 11.9. The lowest BCUT2D eigenvalue weighted by atomic mass is 10.5. The van der Waals surface area contributed by atoms with Gasteiger partial charge in [0.05, 0.1) is 0 Å². The maximum atomic E-state index is 11.9. The third-order valence-electron chi connectivity index (χ3n) is 1.25. The van der Waals surface area contributed by atoms with Crippen LogP contribution in [0, 0.1) is 5.92 Å². The normalized spacial score (nSPS) is 32.6. The molecule has 0 aromatic carbocycles. The zero-order valence-electron chi connectivity index (χ0n) is 4.23. The van der Waals surface area contributed by atoms with Gasteiger partial charge in [-0.1, -0.05) is 11.9 Å². The van der Waals surface area contributed by atoms with Crippen molar-refractivity contribution in [2.24, 2.45) is 11.1 Å². The Bertz CT molecular complexity index is 96.0. The molecule has 0 saturated heterocycles. The smallest absolute Gasteiger partial charge is 0.252 e. The topological polar surface area (TPSA) is 26.0 Å². The van der Waals surface area contributed by atoms with Crippen molar-refractivity contribution in [3.63, 3.8) is 0 Å². The zero-order chi connectivity index (χ0) is 6.20. The van der Waals surface area contributed by atoms with Crippen LogP contribution in [0.2, 0.25) is 0 Å². The van der Waals surface area contributed by atoms with Crippen molar-refractivity contribution in [1.29, 1.82) is 0 Å². The Hall–Kier alpha value is 0.170. The summed E-state index contributed by atoms with van der Waals surface area (Å²) in [6, 6.07) is 0. The quantitative estimate of drug-likeness (QED) is 0.582. The van der Waals surface area contributed by atoms with E-state index in [1.165, 1.54) is 0 Å². The highest BCUT2D eigenvalue weighted by molar-refractivity contribution is 7.97. The minimum Gasteiger partial charge on any atom is -0.278 e. The number of nitrogens with two attached hydrogens (primary N) is 1. The van der Waals surface area contributed by atoms with Gasteiger partial charge in [-0.2, -0.15) is 0 Å². The molecule has 0 heterocycles. The number of hydrogen-bond acceptors (Lipinski definition) is 2. The molecule has 48 valence electrons. The first-order valence-corrected chi connectivity index (χ1v) is 3.41. The van der Waals surface area contributed by atoms with Crippen molar-refractivity contribution in [2.75, 3.05) is 5.75 Å². The van der Waals surface area contributed by atoms with Crippen molar-refractivity contribution in [3.05, 3.63) is 0 Å². The van der Waals surface area contributed by atoms with Gasteiger partial charge in [0.2, 0.25) is 0 Å². The molecule has 0 radical (unpaired) electrons. The van der Waals surface area contributed by atoms with E-state index in [4.69, 9.17) is 5.14 Å². The molecule has 1 aliphatic carbocycles. The largest absolute Gasteiger partial charge is 0.278 e. The second-order valence-electron chi connectivity index (χ2n) is 2.00. The van der Waals surface area contributed by atoms with Gasteiger partial charge in [-0.15, -0.1) is 0 Å². The fourth-order valence-electron chi connectivity index (χ4n) is 0.567. The lowest BCUT2D eigenvalue weighted by Gasteiger charge is -1.90. The van der Waals surface area contributed by atoms with Crippen LogP contribution in [0.4, 0.5) is 8.78 Å². The third-order valence-corrected chi connectivity index (χ3v) is 1.85. The molecular weight excluding hydrogens is 132 g/mol. The highest BCUT2D eigenvalue weighted by atomic mass is 32.2. The van der Waals surface area contributed by atoms with Gasteiger partial charge in [0.1, 0.15) is 0 Å². The van der Waals surface area contributed by atoms with Gasteiger partial charge in [0, 0.05) is 18.1 Å². The summed E-state index contributed by atoms with van der Waals surface area (Å²) in [5, 5.41) is 4.97. The second kappa shape index (κ2) is 1.84. The molecule has 4 heteroatoms. The predicted molar refractivity (Wildman–Crippen MR) is 29.7 cm³/mol. The summed E-state index contributed by atoms with van der Waals surface area (Å²) in [5.41, 5.74) is 0. The summed E-state index contributed by atoms with van der Waals surface area (Å²) in [6.45, 7) is 0. The number of hydrogen-bond donors (Lipinski definition) is 1. The van der Waals surface area contributed by atoms with Gasteiger partial charge in [-0.05, 0) is 0 Å². The highest BCUT2D eigenvalue weighted by Gasteiger charge is 2.56. The van der Waals surface area contributed by atoms with E-state index in [0.717, 1.165) is 11.9 Å². The van der Waals surface area contributed by atoms with Crippen molar-refractivity contribution in [2.45, 2.75) is 12.3 Å². The molecule has 1 nitrogen and oxygen atoms in total. The van der Waals surface area contributed by atoms with E-state index in [0.29, 0.717) is 5.75 Å². The second-order valence-corrected chi connectivity index (χ2v) is 2.66. The number of halogens is 2. The third kappa shape index (κ3) is 1.11. The molecule has 1 saturated carbocycles. The minimum absolute atomic E-state index is 0.0389. The Balaban J connectivity index is 2.17. The van der Waals surface area contributed by atoms with Crippen molar-refractivity contribution in [1.82, 2.24) is 0 Å². The zero-order valence-corrected chi connectivity index (χ0v) is 5.05. The van der Waals surface area contributed by atoms with E-state index in [-0.39, 0.29) is 6.42 Å². The highest BCUT2D eigenvalue weighted by Crippen LogP contribution is 2.49. The molecule has 8 heavy (non-hydrogen) atoms. The van der Waals surface area contributed by atoms with Gasteiger partial charge in [-0.3, -0.25) is 5.14 Å². The molecule has 1 aliphatic rings. The van der Waals surface area contributed by atoms with Crippen molar-refractivity contribution < 1.29 is 8.78 Å². The molecule has 0 bridgehead atoms. The molecule has 0 aromatic rings. The number of rotatable bonds is 2. The maximum Gasteiger partial charge on any atom is 0.252 e. The predicted octanol–water partition coefficient (Wildman–Crippen LogP) is 1.25. The average Bonchev–Trinajstić information content (AvgIpc) is 2.15. The Morgan fingerprint density at radius 1 is 1.75 bits per heavy atom. The van der Waals surface area contributed by atoms with Gasteiger partial charge in [0.25, 0.3) is 5.92 Å². The SMILES string of the molecule is NSCC1CC1(F)F. The minimum atomic E-state index is -2.38. The van der Waals surface area contributed by atoms with Crippen LogP contribution in [0.5, 0.6) is 0 Å². The van der Waals surface area contributed by atoms with E-state index in [9.17, 15) is 8.78 Å². The first-order chi connectivity index (χ1) is 3.67. The number of alkyl halides is 2. The fraction of sp³-hybridized carbons (Fsp3) is 1.00. The molecular formula is C4H7F2NS. The monoisotopic (exact) mass is 139 g/mol.